The van der Waals surface area contributed by atoms with Crippen molar-refractivity contribution in [2.75, 3.05) is 37.7 Å². The summed E-state index contributed by atoms with van der Waals surface area (Å²) in [5, 5.41) is 2.73. The standard InChI is InChI=1S/C15H20N2O2/c1-13(18)16-8-2-3-14-4-6-15(7-5-14)17-9-11-19-12-10-17/h2-7H,8-12H2,1H3,(H,16,18). The van der Waals surface area contributed by atoms with Gasteiger partial charge in [0.2, 0.25) is 5.91 Å². The third-order valence-electron chi connectivity index (χ3n) is 3.05. The van der Waals surface area contributed by atoms with Gasteiger partial charge in [-0.25, -0.2) is 0 Å². The van der Waals surface area contributed by atoms with Gasteiger partial charge in [-0.2, -0.15) is 0 Å². The Bertz CT molecular complexity index is 434. The highest BCUT2D eigenvalue weighted by Crippen LogP contribution is 2.17. The van der Waals surface area contributed by atoms with Crippen molar-refractivity contribution >= 4 is 17.7 Å². The molecular formula is C15H20N2O2. The number of morpholine rings is 1. The molecule has 0 bridgehead atoms. The van der Waals surface area contributed by atoms with E-state index in [1.54, 1.807) is 0 Å². The van der Waals surface area contributed by atoms with Crippen molar-refractivity contribution in [3.05, 3.63) is 35.9 Å². The van der Waals surface area contributed by atoms with Crippen molar-refractivity contribution in [3.8, 4) is 0 Å². The number of anilines is 1. The summed E-state index contributed by atoms with van der Waals surface area (Å²) in [4.78, 5) is 13.0. The molecule has 1 aromatic rings. The molecule has 4 heteroatoms. The fourth-order valence-corrected chi connectivity index (χ4v) is 2.02. The average molecular weight is 260 g/mol. The van der Waals surface area contributed by atoms with Crippen LogP contribution < -0.4 is 10.2 Å². The molecule has 2 rings (SSSR count). The monoisotopic (exact) mass is 260 g/mol. The van der Waals surface area contributed by atoms with E-state index in [0.29, 0.717) is 6.54 Å². The number of rotatable bonds is 4. The fourth-order valence-electron chi connectivity index (χ4n) is 2.02. The number of hydrogen-bond acceptors (Lipinski definition) is 3. The summed E-state index contributed by atoms with van der Waals surface area (Å²) in [7, 11) is 0. The highest BCUT2D eigenvalue weighted by Gasteiger charge is 2.10. The minimum Gasteiger partial charge on any atom is -0.378 e. The van der Waals surface area contributed by atoms with Gasteiger partial charge in [0, 0.05) is 32.2 Å². The van der Waals surface area contributed by atoms with Crippen LogP contribution in [0.15, 0.2) is 30.3 Å². The Morgan fingerprint density at radius 3 is 2.63 bits per heavy atom. The fraction of sp³-hybridized carbons (Fsp3) is 0.400. The van der Waals surface area contributed by atoms with Gasteiger partial charge in [0.05, 0.1) is 13.2 Å². The summed E-state index contributed by atoms with van der Waals surface area (Å²) < 4.78 is 5.34. The van der Waals surface area contributed by atoms with E-state index in [0.717, 1.165) is 31.9 Å². The van der Waals surface area contributed by atoms with E-state index in [-0.39, 0.29) is 5.91 Å². The van der Waals surface area contributed by atoms with Gasteiger partial charge >= 0.3 is 0 Å². The van der Waals surface area contributed by atoms with Gasteiger partial charge in [0.1, 0.15) is 0 Å². The lowest BCUT2D eigenvalue weighted by Crippen LogP contribution is -2.36. The van der Waals surface area contributed by atoms with Crippen molar-refractivity contribution in [1.82, 2.24) is 5.32 Å². The maximum atomic E-state index is 10.7. The number of carbonyl (C=O) groups is 1. The zero-order chi connectivity index (χ0) is 13.5. The number of nitrogens with zero attached hydrogens (tertiary/aromatic N) is 1. The molecule has 1 aliphatic heterocycles. The Kier molecular flexibility index (Phi) is 4.98. The zero-order valence-corrected chi connectivity index (χ0v) is 11.3. The van der Waals surface area contributed by atoms with Crippen molar-refractivity contribution in [3.63, 3.8) is 0 Å². The maximum absolute atomic E-state index is 10.7. The zero-order valence-electron chi connectivity index (χ0n) is 11.3. The summed E-state index contributed by atoms with van der Waals surface area (Å²) in [6.07, 6.45) is 3.96. The molecule has 0 radical (unpaired) electrons. The lowest BCUT2D eigenvalue weighted by Gasteiger charge is -2.28. The molecule has 1 saturated heterocycles. The van der Waals surface area contributed by atoms with Crippen LogP contribution in [-0.4, -0.2) is 38.8 Å². The van der Waals surface area contributed by atoms with E-state index < -0.39 is 0 Å². The van der Waals surface area contributed by atoms with Crippen LogP contribution in [-0.2, 0) is 9.53 Å². The molecule has 19 heavy (non-hydrogen) atoms. The second kappa shape index (κ2) is 6.95. The molecule has 1 N–H and O–H groups in total. The second-order valence-corrected chi connectivity index (χ2v) is 4.53. The number of carbonyl (C=O) groups excluding carboxylic acids is 1. The molecule has 1 fully saturated rings. The highest BCUT2D eigenvalue weighted by atomic mass is 16.5. The Morgan fingerprint density at radius 2 is 2.00 bits per heavy atom. The van der Waals surface area contributed by atoms with Crippen molar-refractivity contribution in [2.24, 2.45) is 0 Å². The van der Waals surface area contributed by atoms with Crippen LogP contribution in [0.3, 0.4) is 0 Å². The van der Waals surface area contributed by atoms with Crippen LogP contribution in [0.4, 0.5) is 5.69 Å². The summed E-state index contributed by atoms with van der Waals surface area (Å²) in [6, 6.07) is 8.44. The second-order valence-electron chi connectivity index (χ2n) is 4.53. The molecule has 1 heterocycles. The van der Waals surface area contributed by atoms with Crippen LogP contribution in [0.1, 0.15) is 12.5 Å². The number of hydrogen-bond donors (Lipinski definition) is 1. The van der Waals surface area contributed by atoms with Crippen LogP contribution in [0.2, 0.25) is 0 Å². The number of benzene rings is 1. The minimum atomic E-state index is -0.00712. The normalized spacial score (nSPS) is 15.7. The molecule has 4 nitrogen and oxygen atoms in total. The Hall–Kier alpha value is -1.81. The smallest absolute Gasteiger partial charge is 0.217 e. The lowest BCUT2D eigenvalue weighted by molar-refractivity contribution is -0.118. The van der Waals surface area contributed by atoms with Gasteiger partial charge in [-0.3, -0.25) is 4.79 Å². The van der Waals surface area contributed by atoms with Gasteiger partial charge in [0.25, 0.3) is 0 Å². The van der Waals surface area contributed by atoms with E-state index in [1.165, 1.54) is 12.6 Å². The average Bonchev–Trinajstić information content (AvgIpc) is 2.45. The van der Waals surface area contributed by atoms with Crippen molar-refractivity contribution in [1.29, 1.82) is 0 Å². The summed E-state index contributed by atoms with van der Waals surface area (Å²) >= 11 is 0. The third kappa shape index (κ3) is 4.41. The maximum Gasteiger partial charge on any atom is 0.217 e. The molecule has 0 aliphatic carbocycles. The molecule has 0 spiro atoms. The van der Waals surface area contributed by atoms with Gasteiger partial charge in [-0.1, -0.05) is 24.3 Å². The number of amides is 1. The molecule has 1 aromatic carbocycles. The first-order valence-corrected chi connectivity index (χ1v) is 6.59. The molecule has 102 valence electrons. The largest absolute Gasteiger partial charge is 0.378 e. The van der Waals surface area contributed by atoms with Crippen LogP contribution >= 0.6 is 0 Å². The van der Waals surface area contributed by atoms with E-state index in [4.69, 9.17) is 4.74 Å². The SMILES string of the molecule is CC(=O)NCC=Cc1ccc(N2CCOCC2)cc1. The topological polar surface area (TPSA) is 41.6 Å². The van der Waals surface area contributed by atoms with E-state index >= 15 is 0 Å². The van der Waals surface area contributed by atoms with Gasteiger partial charge in [0.15, 0.2) is 0 Å². The molecule has 1 amide bonds. The first-order valence-electron chi connectivity index (χ1n) is 6.59. The minimum absolute atomic E-state index is 0.00712. The summed E-state index contributed by atoms with van der Waals surface area (Å²) in [5.41, 5.74) is 2.38. The van der Waals surface area contributed by atoms with Crippen LogP contribution in [0, 0.1) is 0 Å². The quantitative estimate of drug-likeness (QED) is 0.895. The predicted molar refractivity (Wildman–Crippen MR) is 77.2 cm³/mol. The van der Waals surface area contributed by atoms with E-state index in [2.05, 4.69) is 34.5 Å². The molecule has 0 saturated carbocycles. The lowest BCUT2D eigenvalue weighted by atomic mass is 10.1. The van der Waals surface area contributed by atoms with Gasteiger partial charge in [-0.15, -0.1) is 0 Å². The molecule has 1 aliphatic rings. The Labute approximate surface area is 114 Å². The molecule has 0 unspecified atom stereocenters. The van der Waals surface area contributed by atoms with Crippen LogP contribution in [0.5, 0.6) is 0 Å². The Balaban J connectivity index is 1.88. The van der Waals surface area contributed by atoms with Gasteiger partial charge in [-0.05, 0) is 17.7 Å². The Morgan fingerprint density at radius 1 is 1.32 bits per heavy atom. The van der Waals surface area contributed by atoms with E-state index in [1.807, 2.05) is 12.2 Å². The van der Waals surface area contributed by atoms with E-state index in [9.17, 15) is 4.79 Å². The van der Waals surface area contributed by atoms with Crippen LogP contribution in [0.25, 0.3) is 6.08 Å². The van der Waals surface area contributed by atoms with Crippen molar-refractivity contribution in [2.45, 2.75) is 6.92 Å². The number of nitrogens with one attached hydrogen (secondary N) is 1. The summed E-state index contributed by atoms with van der Waals surface area (Å²) in [6.45, 7) is 5.61. The summed E-state index contributed by atoms with van der Waals surface area (Å²) in [5.74, 6) is -0.00712. The number of ether oxygens (including phenoxy) is 1. The van der Waals surface area contributed by atoms with Crippen molar-refractivity contribution < 1.29 is 9.53 Å². The molecule has 0 atom stereocenters. The first kappa shape index (κ1) is 13.6. The highest BCUT2D eigenvalue weighted by molar-refractivity contribution is 5.73. The molecule has 0 aromatic heterocycles. The molecular weight excluding hydrogens is 240 g/mol. The third-order valence-corrected chi connectivity index (χ3v) is 3.05. The first-order chi connectivity index (χ1) is 9.25. The van der Waals surface area contributed by atoms with Gasteiger partial charge < -0.3 is 15.0 Å². The predicted octanol–water partition coefficient (Wildman–Crippen LogP) is 1.67.